The van der Waals surface area contributed by atoms with Crippen molar-refractivity contribution in [2.24, 2.45) is 5.41 Å². The van der Waals surface area contributed by atoms with E-state index in [-0.39, 0.29) is 5.69 Å². The van der Waals surface area contributed by atoms with Gasteiger partial charge in [0.1, 0.15) is 11.5 Å². The number of rotatable bonds is 2. The molecule has 1 heterocycles. The maximum Gasteiger partial charge on any atom is 0.353 e. The van der Waals surface area contributed by atoms with Gasteiger partial charge in [-0.3, -0.25) is 0 Å². The highest BCUT2D eigenvalue weighted by molar-refractivity contribution is 5.85. The molecule has 4 heteroatoms. The molecule has 1 aromatic heterocycles. The van der Waals surface area contributed by atoms with Crippen LogP contribution in [0.3, 0.4) is 0 Å². The third kappa shape index (κ3) is 2.26. The maximum absolute atomic E-state index is 10.7. The van der Waals surface area contributed by atoms with Crippen molar-refractivity contribution in [2.75, 3.05) is 0 Å². The predicted molar refractivity (Wildman–Crippen MR) is 60.5 cm³/mol. The van der Waals surface area contributed by atoms with E-state index in [0.29, 0.717) is 11.3 Å². The van der Waals surface area contributed by atoms with Crippen LogP contribution in [0.15, 0.2) is 6.20 Å². The van der Waals surface area contributed by atoms with E-state index in [1.54, 1.807) is 0 Å². The summed E-state index contributed by atoms with van der Waals surface area (Å²) in [6, 6.07) is 0. The first-order valence-electron chi connectivity index (χ1n) is 5.76. The Balaban J connectivity index is 2.05. The van der Waals surface area contributed by atoms with Gasteiger partial charge in [0.15, 0.2) is 0 Å². The Bertz CT molecular complexity index is 385. The van der Waals surface area contributed by atoms with E-state index in [1.165, 1.54) is 19.0 Å². The molecular weight excluding hydrogens is 204 g/mol. The molecule has 0 unspecified atom stereocenters. The van der Waals surface area contributed by atoms with Crippen LogP contribution in [-0.4, -0.2) is 21.0 Å². The third-order valence-corrected chi connectivity index (χ3v) is 3.55. The van der Waals surface area contributed by atoms with Crippen LogP contribution in [0.4, 0.5) is 0 Å². The first kappa shape index (κ1) is 11.2. The van der Waals surface area contributed by atoms with Gasteiger partial charge in [0.25, 0.3) is 0 Å². The molecule has 0 atom stereocenters. The molecule has 0 aliphatic heterocycles. The van der Waals surface area contributed by atoms with E-state index in [2.05, 4.69) is 23.8 Å². The monoisotopic (exact) mass is 222 g/mol. The van der Waals surface area contributed by atoms with Gasteiger partial charge in [-0.15, -0.1) is 0 Å². The highest BCUT2D eigenvalue weighted by Gasteiger charge is 2.29. The van der Waals surface area contributed by atoms with Crippen molar-refractivity contribution < 1.29 is 9.90 Å². The molecule has 2 rings (SSSR count). The number of carboxylic acid groups (broad SMARTS) is 1. The first-order valence-corrected chi connectivity index (χ1v) is 5.76. The number of H-pyrrole nitrogens is 1. The molecule has 2 N–H and O–H groups in total. The number of nitrogens with zero attached hydrogens (tertiary/aromatic N) is 1. The summed E-state index contributed by atoms with van der Waals surface area (Å²) in [6.07, 6.45) is 5.97. The normalized spacial score (nSPS) is 20.9. The second kappa shape index (κ2) is 3.92. The Hall–Kier alpha value is -1.32. The van der Waals surface area contributed by atoms with Crippen LogP contribution in [0.5, 0.6) is 0 Å². The minimum absolute atomic E-state index is 0.194. The van der Waals surface area contributed by atoms with Crippen molar-refractivity contribution >= 4 is 5.97 Å². The highest BCUT2D eigenvalue weighted by atomic mass is 16.4. The number of imidazole rings is 1. The average Bonchev–Trinajstić information content (AvgIpc) is 2.66. The number of nitrogens with one attached hydrogen (secondary N) is 1. The number of aromatic nitrogens is 2. The van der Waals surface area contributed by atoms with Gasteiger partial charge in [-0.2, -0.15) is 0 Å². The second-order valence-corrected chi connectivity index (χ2v) is 5.43. The molecule has 0 bridgehead atoms. The molecule has 1 aromatic rings. The molecule has 1 saturated carbocycles. The summed E-state index contributed by atoms with van der Waals surface area (Å²) in [5.41, 5.74) is 0.624. The summed E-state index contributed by atoms with van der Waals surface area (Å²) in [4.78, 5) is 17.8. The van der Waals surface area contributed by atoms with Crippen LogP contribution in [0, 0.1) is 5.41 Å². The van der Waals surface area contributed by atoms with Crippen LogP contribution >= 0.6 is 0 Å². The summed E-state index contributed by atoms with van der Waals surface area (Å²) in [5.74, 6) is 0.309. The lowest BCUT2D eigenvalue weighted by Crippen LogP contribution is -2.20. The van der Waals surface area contributed by atoms with Crippen molar-refractivity contribution in [3.63, 3.8) is 0 Å². The molecule has 1 aliphatic carbocycles. The van der Waals surface area contributed by atoms with Gasteiger partial charge in [0, 0.05) is 5.92 Å². The minimum atomic E-state index is -0.935. The maximum atomic E-state index is 10.7. The lowest BCUT2D eigenvalue weighted by molar-refractivity contribution is 0.0690. The highest BCUT2D eigenvalue weighted by Crippen LogP contribution is 2.41. The third-order valence-electron chi connectivity index (χ3n) is 3.55. The number of aromatic carboxylic acids is 1. The number of carbonyl (C=O) groups is 1. The summed E-state index contributed by atoms with van der Waals surface area (Å²) < 4.78 is 0. The molecule has 1 aliphatic rings. The van der Waals surface area contributed by atoms with E-state index in [0.717, 1.165) is 18.7 Å². The standard InChI is InChI=1S/C12H18N2O2/c1-12(2)5-3-8(4-6-12)10-13-7-9(14-10)11(15)16/h7-8H,3-6H2,1-2H3,(H,13,14)(H,15,16). The SMILES string of the molecule is CC1(C)CCC(c2ncc(C(=O)O)[nH]2)CC1. The lowest BCUT2D eigenvalue weighted by Gasteiger charge is -2.33. The average molecular weight is 222 g/mol. The Morgan fingerprint density at radius 1 is 1.50 bits per heavy atom. The zero-order valence-electron chi connectivity index (χ0n) is 9.79. The molecule has 0 spiro atoms. The molecule has 0 saturated heterocycles. The molecule has 16 heavy (non-hydrogen) atoms. The van der Waals surface area contributed by atoms with E-state index >= 15 is 0 Å². The molecular formula is C12H18N2O2. The van der Waals surface area contributed by atoms with Crippen LogP contribution in [0.1, 0.15) is 61.8 Å². The van der Waals surface area contributed by atoms with Gasteiger partial charge in [-0.1, -0.05) is 13.8 Å². The number of hydrogen-bond acceptors (Lipinski definition) is 2. The quantitative estimate of drug-likeness (QED) is 0.808. The predicted octanol–water partition coefficient (Wildman–Crippen LogP) is 2.79. The summed E-state index contributed by atoms with van der Waals surface area (Å²) in [5, 5.41) is 8.81. The van der Waals surface area contributed by atoms with E-state index in [1.807, 2.05) is 0 Å². The lowest BCUT2D eigenvalue weighted by atomic mass is 9.73. The van der Waals surface area contributed by atoms with Crippen molar-refractivity contribution in [3.8, 4) is 0 Å². The second-order valence-electron chi connectivity index (χ2n) is 5.43. The molecule has 0 radical (unpaired) electrons. The number of carboxylic acids is 1. The summed E-state index contributed by atoms with van der Waals surface area (Å²) in [7, 11) is 0. The van der Waals surface area contributed by atoms with Gasteiger partial charge < -0.3 is 10.1 Å². The fourth-order valence-electron chi connectivity index (χ4n) is 2.33. The molecule has 88 valence electrons. The van der Waals surface area contributed by atoms with Gasteiger partial charge >= 0.3 is 5.97 Å². The van der Waals surface area contributed by atoms with Crippen molar-refractivity contribution in [1.29, 1.82) is 0 Å². The Morgan fingerprint density at radius 2 is 2.12 bits per heavy atom. The number of hydrogen-bond donors (Lipinski definition) is 2. The fourth-order valence-corrected chi connectivity index (χ4v) is 2.33. The molecule has 0 amide bonds. The smallest absolute Gasteiger partial charge is 0.353 e. The van der Waals surface area contributed by atoms with E-state index in [9.17, 15) is 4.79 Å². The number of aromatic amines is 1. The summed E-state index contributed by atoms with van der Waals surface area (Å²) >= 11 is 0. The first-order chi connectivity index (χ1) is 7.48. The van der Waals surface area contributed by atoms with Crippen molar-refractivity contribution in [2.45, 2.75) is 45.4 Å². The van der Waals surface area contributed by atoms with Crippen LogP contribution in [0.2, 0.25) is 0 Å². The van der Waals surface area contributed by atoms with E-state index < -0.39 is 5.97 Å². The van der Waals surface area contributed by atoms with Crippen LogP contribution in [0.25, 0.3) is 0 Å². The van der Waals surface area contributed by atoms with Crippen LogP contribution in [-0.2, 0) is 0 Å². The summed E-state index contributed by atoms with van der Waals surface area (Å²) in [6.45, 7) is 4.57. The zero-order valence-corrected chi connectivity index (χ0v) is 9.79. The molecule has 4 nitrogen and oxygen atoms in total. The largest absolute Gasteiger partial charge is 0.477 e. The topological polar surface area (TPSA) is 66.0 Å². The van der Waals surface area contributed by atoms with Gasteiger partial charge in [0.05, 0.1) is 6.20 Å². The molecule has 1 fully saturated rings. The van der Waals surface area contributed by atoms with Crippen LogP contribution < -0.4 is 0 Å². The Labute approximate surface area is 95.1 Å². The molecule has 0 aromatic carbocycles. The zero-order chi connectivity index (χ0) is 11.8. The van der Waals surface area contributed by atoms with Gasteiger partial charge in [0.2, 0.25) is 0 Å². The minimum Gasteiger partial charge on any atom is -0.477 e. The Morgan fingerprint density at radius 3 is 2.62 bits per heavy atom. The van der Waals surface area contributed by atoms with E-state index in [4.69, 9.17) is 5.11 Å². The van der Waals surface area contributed by atoms with Crippen molar-refractivity contribution in [3.05, 3.63) is 17.7 Å². The van der Waals surface area contributed by atoms with Crippen molar-refractivity contribution in [1.82, 2.24) is 9.97 Å². The van der Waals surface area contributed by atoms with Gasteiger partial charge in [-0.25, -0.2) is 9.78 Å². The van der Waals surface area contributed by atoms with Gasteiger partial charge in [-0.05, 0) is 31.1 Å². The Kier molecular flexibility index (Phi) is 2.74. The fraction of sp³-hybridized carbons (Fsp3) is 0.667.